The second kappa shape index (κ2) is 7.66. The first-order valence-corrected chi connectivity index (χ1v) is 8.04. The molecule has 0 bridgehead atoms. The predicted octanol–water partition coefficient (Wildman–Crippen LogP) is 3.08. The number of ether oxygens (including phenoxy) is 1. The number of carbonyl (C=O) groups is 2. The number of hydrogen-bond acceptors (Lipinski definition) is 3. The fourth-order valence-corrected chi connectivity index (χ4v) is 2.62. The molecule has 5 nitrogen and oxygen atoms in total. The molecule has 1 heterocycles. The van der Waals surface area contributed by atoms with Gasteiger partial charge in [0.05, 0.1) is 0 Å². The van der Waals surface area contributed by atoms with Crippen molar-refractivity contribution in [2.45, 2.75) is 84.4 Å². The van der Waals surface area contributed by atoms with Crippen molar-refractivity contribution in [2.75, 3.05) is 6.54 Å². The third-order valence-electron chi connectivity index (χ3n) is 3.65. The Hall–Kier alpha value is -1.26. The van der Waals surface area contributed by atoms with Crippen LogP contribution in [0.5, 0.6) is 0 Å². The zero-order chi connectivity index (χ0) is 16.0. The van der Waals surface area contributed by atoms with Crippen molar-refractivity contribution in [3.05, 3.63) is 0 Å². The molecule has 0 saturated carbocycles. The van der Waals surface area contributed by atoms with Crippen LogP contribution in [0.2, 0.25) is 0 Å². The zero-order valence-electron chi connectivity index (χ0n) is 14.1. The molecule has 1 rings (SSSR count). The lowest BCUT2D eigenvalue weighted by atomic mass is 10.0. The third-order valence-corrected chi connectivity index (χ3v) is 3.65. The van der Waals surface area contributed by atoms with E-state index in [2.05, 4.69) is 12.2 Å². The summed E-state index contributed by atoms with van der Waals surface area (Å²) in [4.78, 5) is 26.5. The fourth-order valence-electron chi connectivity index (χ4n) is 2.62. The molecule has 122 valence electrons. The van der Waals surface area contributed by atoms with Crippen molar-refractivity contribution in [1.29, 1.82) is 0 Å². The standard InChI is InChI=1S/C16H30N2O3/c1-6-9-13(17-15(20)21-16(3,4)5)14(19)18-11-8-7-10-12(18)2/h12-13H,6-11H2,1-5H3,(H,17,20)/t12?,13-/m0/s1. The molecule has 2 atom stereocenters. The molecule has 21 heavy (non-hydrogen) atoms. The van der Waals surface area contributed by atoms with Gasteiger partial charge in [-0.15, -0.1) is 0 Å². The van der Waals surface area contributed by atoms with Crippen LogP contribution in [-0.4, -0.2) is 41.1 Å². The maximum absolute atomic E-state index is 12.7. The summed E-state index contributed by atoms with van der Waals surface area (Å²) in [6.07, 6.45) is 4.22. The van der Waals surface area contributed by atoms with E-state index >= 15 is 0 Å². The lowest BCUT2D eigenvalue weighted by Crippen LogP contribution is -2.53. The first-order chi connectivity index (χ1) is 9.74. The number of rotatable bonds is 4. The minimum atomic E-state index is -0.553. The van der Waals surface area contributed by atoms with E-state index < -0.39 is 17.7 Å². The zero-order valence-corrected chi connectivity index (χ0v) is 14.1. The van der Waals surface area contributed by atoms with Crippen molar-refractivity contribution < 1.29 is 14.3 Å². The van der Waals surface area contributed by atoms with Gasteiger partial charge in [0.25, 0.3) is 0 Å². The van der Waals surface area contributed by atoms with Crippen LogP contribution >= 0.6 is 0 Å². The summed E-state index contributed by atoms with van der Waals surface area (Å²) in [5.41, 5.74) is -0.553. The van der Waals surface area contributed by atoms with E-state index in [4.69, 9.17) is 4.74 Å². The van der Waals surface area contributed by atoms with Gasteiger partial charge in [0.1, 0.15) is 11.6 Å². The quantitative estimate of drug-likeness (QED) is 0.867. The van der Waals surface area contributed by atoms with Gasteiger partial charge < -0.3 is 15.0 Å². The molecule has 1 fully saturated rings. The van der Waals surface area contributed by atoms with Crippen LogP contribution in [0, 0.1) is 0 Å². The lowest BCUT2D eigenvalue weighted by molar-refractivity contribution is -0.137. The number of carbonyl (C=O) groups excluding carboxylic acids is 2. The van der Waals surface area contributed by atoms with Gasteiger partial charge in [-0.2, -0.15) is 0 Å². The molecule has 2 amide bonds. The third kappa shape index (κ3) is 5.94. The number of alkyl carbamates (subject to hydrolysis) is 1. The van der Waals surface area contributed by atoms with Crippen LogP contribution in [0.3, 0.4) is 0 Å². The van der Waals surface area contributed by atoms with Gasteiger partial charge in [-0.05, 0) is 53.4 Å². The summed E-state index contributed by atoms with van der Waals surface area (Å²) in [7, 11) is 0. The van der Waals surface area contributed by atoms with Crippen LogP contribution in [0.4, 0.5) is 4.79 Å². The number of likely N-dealkylation sites (tertiary alicyclic amines) is 1. The van der Waals surface area contributed by atoms with Crippen LogP contribution in [0.15, 0.2) is 0 Å². The highest BCUT2D eigenvalue weighted by Gasteiger charge is 2.30. The summed E-state index contributed by atoms with van der Waals surface area (Å²) < 4.78 is 5.26. The Labute approximate surface area is 128 Å². The molecule has 1 aliphatic heterocycles. The first-order valence-electron chi connectivity index (χ1n) is 8.04. The Balaban J connectivity index is 2.67. The minimum Gasteiger partial charge on any atom is -0.444 e. The molecule has 1 N–H and O–H groups in total. The van der Waals surface area contributed by atoms with Gasteiger partial charge in [0.2, 0.25) is 5.91 Å². The van der Waals surface area contributed by atoms with E-state index in [1.165, 1.54) is 6.42 Å². The van der Waals surface area contributed by atoms with Gasteiger partial charge in [-0.1, -0.05) is 13.3 Å². The molecular formula is C16H30N2O3. The maximum Gasteiger partial charge on any atom is 0.408 e. The molecule has 1 unspecified atom stereocenters. The molecule has 0 aromatic rings. The molecule has 0 aromatic heterocycles. The Kier molecular flexibility index (Phi) is 6.49. The summed E-state index contributed by atoms with van der Waals surface area (Å²) in [5, 5.41) is 2.74. The monoisotopic (exact) mass is 298 g/mol. The fraction of sp³-hybridized carbons (Fsp3) is 0.875. The van der Waals surface area contributed by atoms with Crippen molar-refractivity contribution in [3.8, 4) is 0 Å². The Morgan fingerprint density at radius 1 is 1.33 bits per heavy atom. The second-order valence-electron chi connectivity index (χ2n) is 6.86. The molecule has 1 saturated heterocycles. The molecular weight excluding hydrogens is 268 g/mol. The highest BCUT2D eigenvalue weighted by molar-refractivity contribution is 5.86. The molecule has 0 radical (unpaired) electrons. The average molecular weight is 298 g/mol. The van der Waals surface area contributed by atoms with Gasteiger partial charge in [0.15, 0.2) is 0 Å². The number of hydrogen-bond donors (Lipinski definition) is 1. The van der Waals surface area contributed by atoms with Crippen molar-refractivity contribution in [3.63, 3.8) is 0 Å². The summed E-state index contributed by atoms with van der Waals surface area (Å²) in [5.74, 6) is 0.0231. The van der Waals surface area contributed by atoms with Crippen molar-refractivity contribution in [1.82, 2.24) is 10.2 Å². The van der Waals surface area contributed by atoms with Gasteiger partial charge in [-0.25, -0.2) is 4.79 Å². The van der Waals surface area contributed by atoms with Gasteiger partial charge in [0, 0.05) is 12.6 Å². The van der Waals surface area contributed by atoms with E-state index in [1.54, 1.807) is 0 Å². The topological polar surface area (TPSA) is 58.6 Å². The largest absolute Gasteiger partial charge is 0.444 e. The van der Waals surface area contributed by atoms with Crippen LogP contribution in [0.25, 0.3) is 0 Å². The number of nitrogens with zero attached hydrogens (tertiary/aromatic N) is 1. The Morgan fingerprint density at radius 2 is 2.00 bits per heavy atom. The Bertz CT molecular complexity index is 363. The number of amides is 2. The van der Waals surface area contributed by atoms with Crippen LogP contribution in [0.1, 0.15) is 66.7 Å². The summed E-state index contributed by atoms with van der Waals surface area (Å²) >= 11 is 0. The predicted molar refractivity (Wildman–Crippen MR) is 83.1 cm³/mol. The normalized spacial score (nSPS) is 20.8. The van der Waals surface area contributed by atoms with Gasteiger partial charge in [-0.3, -0.25) is 4.79 Å². The summed E-state index contributed by atoms with van der Waals surface area (Å²) in [6.45, 7) is 10.3. The average Bonchev–Trinajstić information content (AvgIpc) is 2.36. The van der Waals surface area contributed by atoms with E-state index in [1.807, 2.05) is 32.6 Å². The highest BCUT2D eigenvalue weighted by atomic mass is 16.6. The lowest BCUT2D eigenvalue weighted by Gasteiger charge is -2.36. The number of piperidine rings is 1. The minimum absolute atomic E-state index is 0.0231. The molecule has 0 aliphatic carbocycles. The number of nitrogens with one attached hydrogen (secondary N) is 1. The van der Waals surface area contributed by atoms with E-state index in [0.29, 0.717) is 6.42 Å². The second-order valence-corrected chi connectivity index (χ2v) is 6.86. The van der Waals surface area contributed by atoms with E-state index in [-0.39, 0.29) is 11.9 Å². The maximum atomic E-state index is 12.7. The Morgan fingerprint density at radius 3 is 2.52 bits per heavy atom. The SMILES string of the molecule is CCC[C@H](NC(=O)OC(C)(C)C)C(=O)N1CCCCC1C. The van der Waals surface area contributed by atoms with E-state index in [0.717, 1.165) is 25.8 Å². The first kappa shape index (κ1) is 17.8. The molecule has 5 heteroatoms. The molecule has 0 spiro atoms. The van der Waals surface area contributed by atoms with Crippen molar-refractivity contribution in [2.24, 2.45) is 0 Å². The highest BCUT2D eigenvalue weighted by Crippen LogP contribution is 2.18. The molecule has 1 aliphatic rings. The van der Waals surface area contributed by atoms with E-state index in [9.17, 15) is 9.59 Å². The smallest absolute Gasteiger partial charge is 0.408 e. The van der Waals surface area contributed by atoms with Crippen LogP contribution < -0.4 is 5.32 Å². The molecule has 0 aromatic carbocycles. The van der Waals surface area contributed by atoms with Crippen LogP contribution in [-0.2, 0) is 9.53 Å². The van der Waals surface area contributed by atoms with Crippen molar-refractivity contribution >= 4 is 12.0 Å². The van der Waals surface area contributed by atoms with Gasteiger partial charge >= 0.3 is 6.09 Å². The summed E-state index contributed by atoms with van der Waals surface area (Å²) in [6, 6.07) is -0.226.